The normalized spacial score (nSPS) is 12.7. The fraction of sp³-hybridized carbons (Fsp3) is 0.0154. The Labute approximate surface area is 401 Å². The molecule has 0 fully saturated rings. The standard InChI is InChI=1S/C65H42S2/c66-63-57(49-29-25-41-13-1-5-17-45(41)33-49)37-53(38-58(63)50-30-26-42-14-2-6-18-46(42)34-50)65(61-23-11-9-21-55(61)56-22-10-12-24-62(56)65)54-39-59(51-31-27-43-15-3-7-19-47(43)35-51)64(67)60(40-54)52-32-28-44-16-4-8-20-48(44)36-52/h1-40,66-67H. The first-order valence-electron chi connectivity index (χ1n) is 22.9. The summed E-state index contributed by atoms with van der Waals surface area (Å²) in [6, 6.07) is 89.7. The zero-order valence-corrected chi connectivity index (χ0v) is 38.3. The lowest BCUT2D eigenvalue weighted by Gasteiger charge is -2.36. The van der Waals surface area contributed by atoms with Gasteiger partial charge in [0.05, 0.1) is 5.41 Å². The SMILES string of the molecule is Sc1c(-c2ccc3ccccc3c2)cc(C2(c3cc(-c4ccc5ccccc5c4)c(S)c(-c4ccc5ccccc5c4)c3)c3ccccc3-c3ccccc32)cc1-c1ccc2ccccc2c1. The van der Waals surface area contributed by atoms with E-state index in [0.29, 0.717) is 0 Å². The molecular formula is C65H42S2. The lowest BCUT2D eigenvalue weighted by atomic mass is 9.66. The highest BCUT2D eigenvalue weighted by Crippen LogP contribution is 2.59. The number of thiol groups is 2. The van der Waals surface area contributed by atoms with E-state index < -0.39 is 5.41 Å². The summed E-state index contributed by atoms with van der Waals surface area (Å²) in [7, 11) is 0. The summed E-state index contributed by atoms with van der Waals surface area (Å²) < 4.78 is 0. The minimum atomic E-state index is -0.759. The van der Waals surface area contributed by atoms with E-state index in [1.165, 1.54) is 76.5 Å². The van der Waals surface area contributed by atoms with Gasteiger partial charge in [-0.15, -0.1) is 25.3 Å². The Hall–Kier alpha value is -7.62. The van der Waals surface area contributed by atoms with Gasteiger partial charge in [-0.3, -0.25) is 0 Å². The van der Waals surface area contributed by atoms with Gasteiger partial charge in [-0.2, -0.15) is 0 Å². The summed E-state index contributed by atoms with van der Waals surface area (Å²) >= 11 is 11.1. The predicted octanol–water partition coefficient (Wildman–Crippen LogP) is 17.9. The van der Waals surface area contributed by atoms with Crippen LogP contribution in [0.25, 0.3) is 98.7 Å². The van der Waals surface area contributed by atoms with Crippen LogP contribution in [0.3, 0.4) is 0 Å². The van der Waals surface area contributed by atoms with Crippen LogP contribution < -0.4 is 0 Å². The van der Waals surface area contributed by atoms with Crippen molar-refractivity contribution in [2.45, 2.75) is 15.2 Å². The average molecular weight is 887 g/mol. The highest BCUT2D eigenvalue weighted by molar-refractivity contribution is 7.80. The maximum atomic E-state index is 5.53. The molecule has 1 aliphatic rings. The second kappa shape index (κ2) is 15.8. The molecular weight excluding hydrogens is 845 g/mol. The molecule has 1 aliphatic carbocycles. The second-order valence-corrected chi connectivity index (χ2v) is 18.8. The van der Waals surface area contributed by atoms with Crippen molar-refractivity contribution >= 4 is 68.3 Å². The maximum Gasteiger partial charge on any atom is 0.0714 e. The van der Waals surface area contributed by atoms with Gasteiger partial charge in [0, 0.05) is 9.79 Å². The molecule has 2 heteroatoms. The van der Waals surface area contributed by atoms with E-state index in [1.54, 1.807) is 0 Å². The minimum absolute atomic E-state index is 0.759. The lowest BCUT2D eigenvalue weighted by molar-refractivity contribution is 0.768. The number of benzene rings is 12. The Morgan fingerprint density at radius 2 is 0.478 bits per heavy atom. The van der Waals surface area contributed by atoms with Crippen LogP contribution >= 0.6 is 25.3 Å². The Morgan fingerprint density at radius 1 is 0.224 bits per heavy atom. The number of hydrogen-bond acceptors (Lipinski definition) is 2. The van der Waals surface area contributed by atoms with Gasteiger partial charge in [0.2, 0.25) is 0 Å². The highest BCUT2D eigenvalue weighted by Gasteiger charge is 2.47. The summed E-state index contributed by atoms with van der Waals surface area (Å²) in [5.41, 5.74) is 15.4. The molecule has 0 N–H and O–H groups in total. The van der Waals surface area contributed by atoms with Gasteiger partial charge in [0.15, 0.2) is 0 Å². The molecule has 0 saturated carbocycles. The van der Waals surface area contributed by atoms with E-state index in [2.05, 4.69) is 243 Å². The number of rotatable bonds is 6. The predicted molar refractivity (Wildman–Crippen MR) is 290 cm³/mol. The minimum Gasteiger partial charge on any atom is -0.142 e. The molecule has 0 bridgehead atoms. The maximum absolute atomic E-state index is 5.53. The molecule has 0 atom stereocenters. The Kier molecular flexibility index (Phi) is 9.35. The first-order chi connectivity index (χ1) is 33.0. The van der Waals surface area contributed by atoms with Crippen molar-refractivity contribution in [2.75, 3.05) is 0 Å². The monoisotopic (exact) mass is 886 g/mol. The topological polar surface area (TPSA) is 0 Å². The molecule has 0 spiro atoms. The quantitative estimate of drug-likeness (QED) is 0.153. The first kappa shape index (κ1) is 39.7. The van der Waals surface area contributed by atoms with E-state index in [9.17, 15) is 0 Å². The number of hydrogen-bond donors (Lipinski definition) is 2. The molecule has 0 radical (unpaired) electrons. The largest absolute Gasteiger partial charge is 0.142 e. The van der Waals surface area contributed by atoms with E-state index in [1.807, 2.05) is 0 Å². The molecule has 314 valence electrons. The summed E-state index contributed by atoms with van der Waals surface area (Å²) in [6.45, 7) is 0. The Morgan fingerprint density at radius 3 is 0.776 bits per heavy atom. The molecule has 0 aromatic heterocycles. The van der Waals surface area contributed by atoms with Crippen molar-refractivity contribution in [2.24, 2.45) is 0 Å². The van der Waals surface area contributed by atoms with Crippen LogP contribution in [-0.4, -0.2) is 0 Å². The molecule has 12 aromatic carbocycles. The van der Waals surface area contributed by atoms with Crippen LogP contribution in [0.1, 0.15) is 22.3 Å². The van der Waals surface area contributed by atoms with Gasteiger partial charge < -0.3 is 0 Å². The Bertz CT molecular complexity index is 3510. The van der Waals surface area contributed by atoms with Crippen LogP contribution in [0.2, 0.25) is 0 Å². The third-order valence-corrected chi connectivity index (χ3v) is 15.2. The summed E-state index contributed by atoms with van der Waals surface area (Å²) in [5, 5.41) is 9.62. The molecule has 0 saturated heterocycles. The van der Waals surface area contributed by atoms with E-state index >= 15 is 0 Å². The van der Waals surface area contributed by atoms with Crippen LogP contribution in [0, 0.1) is 0 Å². The third-order valence-electron chi connectivity index (χ3n) is 14.3. The van der Waals surface area contributed by atoms with Gasteiger partial charge in [-0.25, -0.2) is 0 Å². The fourth-order valence-corrected chi connectivity index (χ4v) is 11.8. The molecule has 67 heavy (non-hydrogen) atoms. The van der Waals surface area contributed by atoms with Gasteiger partial charge >= 0.3 is 0 Å². The van der Waals surface area contributed by atoms with Crippen LogP contribution in [0.4, 0.5) is 0 Å². The molecule has 13 rings (SSSR count). The van der Waals surface area contributed by atoms with E-state index in [-0.39, 0.29) is 0 Å². The van der Waals surface area contributed by atoms with Crippen molar-refractivity contribution in [3.63, 3.8) is 0 Å². The van der Waals surface area contributed by atoms with Crippen molar-refractivity contribution in [3.8, 4) is 55.6 Å². The van der Waals surface area contributed by atoms with Gasteiger partial charge in [-0.05, 0) is 170 Å². The molecule has 0 unspecified atom stereocenters. The van der Waals surface area contributed by atoms with E-state index in [0.717, 1.165) is 54.3 Å². The molecule has 0 heterocycles. The van der Waals surface area contributed by atoms with Crippen molar-refractivity contribution in [3.05, 3.63) is 265 Å². The third kappa shape index (κ3) is 6.39. The summed E-state index contributed by atoms with van der Waals surface area (Å²) in [5.74, 6) is 0. The molecule has 0 nitrogen and oxygen atoms in total. The summed E-state index contributed by atoms with van der Waals surface area (Å²) in [6.07, 6.45) is 0. The van der Waals surface area contributed by atoms with Crippen LogP contribution in [-0.2, 0) is 5.41 Å². The number of fused-ring (bicyclic) bond motifs is 7. The van der Waals surface area contributed by atoms with Crippen LogP contribution in [0.15, 0.2) is 252 Å². The second-order valence-electron chi connectivity index (χ2n) is 17.9. The van der Waals surface area contributed by atoms with Gasteiger partial charge in [-0.1, -0.05) is 194 Å². The van der Waals surface area contributed by atoms with Crippen molar-refractivity contribution < 1.29 is 0 Å². The Balaban J connectivity index is 1.17. The highest BCUT2D eigenvalue weighted by atomic mass is 32.1. The smallest absolute Gasteiger partial charge is 0.0714 e. The zero-order chi connectivity index (χ0) is 44.6. The fourth-order valence-electron chi connectivity index (χ4n) is 11.0. The summed E-state index contributed by atoms with van der Waals surface area (Å²) in [4.78, 5) is 1.90. The van der Waals surface area contributed by atoms with E-state index in [4.69, 9.17) is 25.3 Å². The van der Waals surface area contributed by atoms with Crippen LogP contribution in [0.5, 0.6) is 0 Å². The zero-order valence-electron chi connectivity index (χ0n) is 36.5. The van der Waals surface area contributed by atoms with Crippen molar-refractivity contribution in [1.82, 2.24) is 0 Å². The first-order valence-corrected chi connectivity index (χ1v) is 23.8. The molecule has 12 aromatic rings. The molecule has 0 amide bonds. The molecule has 0 aliphatic heterocycles. The average Bonchev–Trinajstić information content (AvgIpc) is 3.69. The van der Waals surface area contributed by atoms with Crippen molar-refractivity contribution in [1.29, 1.82) is 0 Å². The van der Waals surface area contributed by atoms with Gasteiger partial charge in [0.1, 0.15) is 0 Å². The van der Waals surface area contributed by atoms with Gasteiger partial charge in [0.25, 0.3) is 0 Å². The lowest BCUT2D eigenvalue weighted by Crippen LogP contribution is -2.29.